The number of amides is 1. The van der Waals surface area contributed by atoms with Crippen LogP contribution in [0.3, 0.4) is 0 Å². The van der Waals surface area contributed by atoms with Crippen LogP contribution in [0.5, 0.6) is 0 Å². The molecule has 1 amide bonds. The molecule has 1 saturated heterocycles. The SMILES string of the molecule is CN(CCC#N)C(=O)CN(C)C1CCCNC1. The Bertz CT molecular complexity index is 281. The molecule has 1 heterocycles. The van der Waals surface area contributed by atoms with Crippen molar-refractivity contribution in [1.29, 1.82) is 5.26 Å². The smallest absolute Gasteiger partial charge is 0.236 e. The Labute approximate surface area is 103 Å². The minimum atomic E-state index is 0.0910. The molecule has 0 saturated carbocycles. The van der Waals surface area contributed by atoms with Gasteiger partial charge in [0.15, 0.2) is 0 Å². The third kappa shape index (κ3) is 4.72. The van der Waals surface area contributed by atoms with Crippen molar-refractivity contribution in [1.82, 2.24) is 15.1 Å². The minimum absolute atomic E-state index is 0.0910. The van der Waals surface area contributed by atoms with E-state index in [1.165, 1.54) is 6.42 Å². The summed E-state index contributed by atoms with van der Waals surface area (Å²) in [5, 5.41) is 11.8. The standard InChI is InChI=1S/C12H22N4O/c1-15(8-4-6-13)12(17)10-16(2)11-5-3-7-14-9-11/h11,14H,3-5,7-10H2,1-2H3. The van der Waals surface area contributed by atoms with E-state index in [0.717, 1.165) is 19.5 Å². The lowest BCUT2D eigenvalue weighted by Crippen LogP contribution is -2.48. The number of rotatable bonds is 5. The van der Waals surface area contributed by atoms with Gasteiger partial charge in [0.05, 0.1) is 19.0 Å². The number of carbonyl (C=O) groups is 1. The van der Waals surface area contributed by atoms with Crippen LogP contribution in [0.15, 0.2) is 0 Å². The minimum Gasteiger partial charge on any atom is -0.344 e. The molecule has 1 N–H and O–H groups in total. The molecule has 1 aliphatic rings. The average molecular weight is 238 g/mol. The van der Waals surface area contributed by atoms with E-state index < -0.39 is 0 Å². The highest BCUT2D eigenvalue weighted by molar-refractivity contribution is 5.78. The van der Waals surface area contributed by atoms with Crippen molar-refractivity contribution in [2.45, 2.75) is 25.3 Å². The Morgan fingerprint density at radius 3 is 2.88 bits per heavy atom. The third-order valence-electron chi connectivity index (χ3n) is 3.26. The molecular weight excluding hydrogens is 216 g/mol. The second kappa shape index (κ2) is 7.25. The maximum Gasteiger partial charge on any atom is 0.236 e. The highest BCUT2D eigenvalue weighted by Crippen LogP contribution is 2.08. The monoisotopic (exact) mass is 238 g/mol. The molecule has 96 valence electrons. The first kappa shape index (κ1) is 13.9. The molecule has 1 aliphatic heterocycles. The summed E-state index contributed by atoms with van der Waals surface area (Å²) in [6.07, 6.45) is 2.73. The molecule has 0 bridgehead atoms. The summed E-state index contributed by atoms with van der Waals surface area (Å²) in [7, 11) is 3.75. The van der Waals surface area contributed by atoms with Crippen LogP contribution in [0.25, 0.3) is 0 Å². The first-order valence-corrected chi connectivity index (χ1v) is 6.17. The normalized spacial score (nSPS) is 20.0. The number of hydrogen-bond donors (Lipinski definition) is 1. The molecular formula is C12H22N4O. The van der Waals surface area contributed by atoms with E-state index in [2.05, 4.69) is 16.3 Å². The summed E-state index contributed by atoms with van der Waals surface area (Å²) in [5.41, 5.74) is 0. The molecule has 0 aliphatic carbocycles. The van der Waals surface area contributed by atoms with Gasteiger partial charge in [-0.15, -0.1) is 0 Å². The van der Waals surface area contributed by atoms with Crippen LogP contribution >= 0.6 is 0 Å². The Morgan fingerprint density at radius 1 is 1.53 bits per heavy atom. The fourth-order valence-corrected chi connectivity index (χ4v) is 2.02. The topological polar surface area (TPSA) is 59.4 Å². The summed E-state index contributed by atoms with van der Waals surface area (Å²) in [5.74, 6) is 0.0910. The molecule has 17 heavy (non-hydrogen) atoms. The van der Waals surface area contributed by atoms with Gasteiger partial charge in [-0.05, 0) is 26.4 Å². The fraction of sp³-hybridized carbons (Fsp3) is 0.833. The summed E-state index contributed by atoms with van der Waals surface area (Å²) < 4.78 is 0. The van der Waals surface area contributed by atoms with Crippen molar-refractivity contribution in [3.63, 3.8) is 0 Å². The van der Waals surface area contributed by atoms with Gasteiger partial charge in [-0.3, -0.25) is 9.69 Å². The lowest BCUT2D eigenvalue weighted by molar-refractivity contribution is -0.131. The van der Waals surface area contributed by atoms with Gasteiger partial charge in [-0.25, -0.2) is 0 Å². The third-order valence-corrected chi connectivity index (χ3v) is 3.26. The maximum absolute atomic E-state index is 11.9. The van der Waals surface area contributed by atoms with Gasteiger partial charge in [0, 0.05) is 26.2 Å². The molecule has 1 unspecified atom stereocenters. The van der Waals surface area contributed by atoms with E-state index in [9.17, 15) is 4.79 Å². The van der Waals surface area contributed by atoms with E-state index in [4.69, 9.17) is 5.26 Å². The lowest BCUT2D eigenvalue weighted by atomic mass is 10.1. The van der Waals surface area contributed by atoms with Gasteiger partial charge < -0.3 is 10.2 Å². The Hall–Kier alpha value is -1.12. The molecule has 0 radical (unpaired) electrons. The summed E-state index contributed by atoms with van der Waals surface area (Å²) in [4.78, 5) is 15.6. The van der Waals surface area contributed by atoms with E-state index >= 15 is 0 Å². The van der Waals surface area contributed by atoms with Crippen LogP contribution in [-0.4, -0.2) is 62.0 Å². The number of nitrogens with one attached hydrogen (secondary N) is 1. The highest BCUT2D eigenvalue weighted by atomic mass is 16.2. The largest absolute Gasteiger partial charge is 0.344 e. The van der Waals surface area contributed by atoms with Crippen LogP contribution in [0.4, 0.5) is 0 Å². The Balaban J connectivity index is 2.31. The van der Waals surface area contributed by atoms with Gasteiger partial charge in [0.2, 0.25) is 5.91 Å². The van der Waals surface area contributed by atoms with Crippen molar-refractivity contribution >= 4 is 5.91 Å². The van der Waals surface area contributed by atoms with E-state index in [1.807, 2.05) is 7.05 Å². The molecule has 1 fully saturated rings. The first-order valence-electron chi connectivity index (χ1n) is 6.17. The second-order valence-corrected chi connectivity index (χ2v) is 4.64. The van der Waals surface area contributed by atoms with Crippen molar-refractivity contribution in [3.8, 4) is 6.07 Å². The Morgan fingerprint density at radius 2 is 2.29 bits per heavy atom. The molecule has 0 aromatic carbocycles. The molecule has 0 aromatic rings. The number of piperidine rings is 1. The predicted octanol–water partition coefficient (Wildman–Crippen LogP) is 0.0423. The molecule has 0 aromatic heterocycles. The van der Waals surface area contributed by atoms with E-state index in [0.29, 0.717) is 25.6 Å². The number of nitrogens with zero attached hydrogens (tertiary/aromatic N) is 3. The molecule has 1 rings (SSSR count). The van der Waals surface area contributed by atoms with Crippen LogP contribution in [0.1, 0.15) is 19.3 Å². The average Bonchev–Trinajstić information content (AvgIpc) is 2.36. The van der Waals surface area contributed by atoms with Crippen molar-refractivity contribution in [2.75, 3.05) is 40.3 Å². The number of carbonyl (C=O) groups excluding carboxylic acids is 1. The van der Waals surface area contributed by atoms with Gasteiger partial charge >= 0.3 is 0 Å². The zero-order chi connectivity index (χ0) is 12.7. The highest BCUT2D eigenvalue weighted by Gasteiger charge is 2.20. The van der Waals surface area contributed by atoms with Crippen LogP contribution < -0.4 is 5.32 Å². The zero-order valence-corrected chi connectivity index (χ0v) is 10.8. The van der Waals surface area contributed by atoms with E-state index in [-0.39, 0.29) is 5.91 Å². The number of hydrogen-bond acceptors (Lipinski definition) is 4. The predicted molar refractivity (Wildman–Crippen MR) is 66.4 cm³/mol. The molecule has 5 nitrogen and oxygen atoms in total. The number of likely N-dealkylation sites (N-methyl/N-ethyl adjacent to an activating group) is 2. The van der Waals surface area contributed by atoms with Crippen molar-refractivity contribution < 1.29 is 4.79 Å². The lowest BCUT2D eigenvalue weighted by Gasteiger charge is -2.32. The van der Waals surface area contributed by atoms with E-state index in [1.54, 1.807) is 11.9 Å². The molecule has 5 heteroatoms. The van der Waals surface area contributed by atoms with Crippen molar-refractivity contribution in [2.24, 2.45) is 0 Å². The van der Waals surface area contributed by atoms with Gasteiger partial charge in [-0.1, -0.05) is 0 Å². The van der Waals surface area contributed by atoms with Crippen LogP contribution in [0, 0.1) is 11.3 Å². The molecule has 0 spiro atoms. The summed E-state index contributed by atoms with van der Waals surface area (Å²) in [6, 6.07) is 2.51. The maximum atomic E-state index is 11.9. The fourth-order valence-electron chi connectivity index (χ4n) is 2.02. The quantitative estimate of drug-likeness (QED) is 0.735. The molecule has 1 atom stereocenters. The van der Waals surface area contributed by atoms with Crippen molar-refractivity contribution in [3.05, 3.63) is 0 Å². The Kier molecular flexibility index (Phi) is 5.95. The number of nitriles is 1. The van der Waals surface area contributed by atoms with Gasteiger partial charge in [0.1, 0.15) is 0 Å². The van der Waals surface area contributed by atoms with Gasteiger partial charge in [-0.2, -0.15) is 5.26 Å². The first-order chi connectivity index (χ1) is 8.15. The van der Waals surface area contributed by atoms with Crippen LogP contribution in [-0.2, 0) is 4.79 Å². The van der Waals surface area contributed by atoms with Crippen LogP contribution in [0.2, 0.25) is 0 Å². The summed E-state index contributed by atoms with van der Waals surface area (Å²) >= 11 is 0. The van der Waals surface area contributed by atoms with Gasteiger partial charge in [0.25, 0.3) is 0 Å². The second-order valence-electron chi connectivity index (χ2n) is 4.64. The summed E-state index contributed by atoms with van der Waals surface area (Å²) in [6.45, 7) is 3.01. The zero-order valence-electron chi connectivity index (χ0n) is 10.8.